The van der Waals surface area contributed by atoms with Crippen LogP contribution in [-0.2, 0) is 10.0 Å². The molecule has 2 rings (SSSR count). The molecule has 0 heterocycles. The van der Waals surface area contributed by atoms with Crippen LogP contribution in [0, 0.1) is 5.92 Å². The number of hydrogen-bond acceptors (Lipinski definition) is 4. The molecular weight excluding hydrogens is 406 g/mol. The van der Waals surface area contributed by atoms with E-state index in [0.29, 0.717) is 28.3 Å². The molecule has 0 spiro atoms. The van der Waals surface area contributed by atoms with Gasteiger partial charge < -0.3 is 9.47 Å². The molecule has 0 amide bonds. The summed E-state index contributed by atoms with van der Waals surface area (Å²) in [7, 11) is -0.784. The summed E-state index contributed by atoms with van der Waals surface area (Å²) >= 11 is 3.31. The summed E-state index contributed by atoms with van der Waals surface area (Å²) in [6.45, 7) is 10.0. The lowest BCUT2D eigenvalue weighted by atomic mass is 9.80. The zero-order chi connectivity index (χ0) is 18.8. The maximum absolute atomic E-state index is 12.9. The number of rotatable bonds is 6. The Labute approximate surface area is 158 Å². The number of halogens is 1. The molecule has 25 heavy (non-hydrogen) atoms. The topological polar surface area (TPSA) is 64.6 Å². The number of benzene rings is 1. The van der Waals surface area contributed by atoms with Crippen molar-refractivity contribution in [3.05, 3.63) is 40.9 Å². The van der Waals surface area contributed by atoms with Crippen molar-refractivity contribution in [1.82, 2.24) is 4.72 Å². The van der Waals surface area contributed by atoms with Crippen LogP contribution in [-0.4, -0.2) is 28.7 Å². The van der Waals surface area contributed by atoms with Gasteiger partial charge in [-0.3, -0.25) is 0 Å². The van der Waals surface area contributed by atoms with Gasteiger partial charge in [-0.2, -0.15) is 0 Å². The quantitative estimate of drug-likeness (QED) is 0.692. The number of hydrogen-bond donors (Lipinski definition) is 1. The number of nitrogens with one attached hydrogen (secondary N) is 1. The van der Waals surface area contributed by atoms with E-state index in [1.807, 2.05) is 6.92 Å². The van der Waals surface area contributed by atoms with Crippen LogP contribution in [0.1, 0.15) is 26.2 Å². The predicted molar refractivity (Wildman–Crippen MR) is 103 cm³/mol. The smallest absolute Gasteiger partial charge is 0.242 e. The second-order valence-electron chi connectivity index (χ2n) is 6.29. The highest BCUT2D eigenvalue weighted by atomic mass is 79.9. The third-order valence-electron chi connectivity index (χ3n) is 4.55. The van der Waals surface area contributed by atoms with Gasteiger partial charge in [0.05, 0.1) is 14.2 Å². The molecule has 1 N–H and O–H groups in total. The molecule has 2 atom stereocenters. The molecule has 1 aromatic carbocycles. The number of sulfonamides is 1. The summed E-state index contributed by atoms with van der Waals surface area (Å²) in [5.41, 5.74) is 1.97. The van der Waals surface area contributed by atoms with Crippen LogP contribution in [0.2, 0.25) is 0 Å². The van der Waals surface area contributed by atoms with Gasteiger partial charge in [0.2, 0.25) is 10.0 Å². The predicted octanol–water partition coefficient (Wildman–Crippen LogP) is 4.05. The lowest BCUT2D eigenvalue weighted by molar-refractivity contribution is 0.353. The van der Waals surface area contributed by atoms with Gasteiger partial charge in [0.15, 0.2) is 11.5 Å². The second-order valence-corrected chi connectivity index (χ2v) is 8.82. The Hall–Kier alpha value is -1.31. The van der Waals surface area contributed by atoms with Gasteiger partial charge in [-0.05, 0) is 54.1 Å². The van der Waals surface area contributed by atoms with E-state index < -0.39 is 10.0 Å². The lowest BCUT2D eigenvalue weighted by Crippen LogP contribution is -2.40. The fourth-order valence-corrected chi connectivity index (χ4v) is 5.28. The van der Waals surface area contributed by atoms with E-state index in [2.05, 4.69) is 33.8 Å². The van der Waals surface area contributed by atoms with Crippen molar-refractivity contribution in [2.45, 2.75) is 37.1 Å². The Morgan fingerprint density at radius 2 is 1.88 bits per heavy atom. The number of ether oxygens (including phenoxy) is 2. The summed E-state index contributed by atoms with van der Waals surface area (Å²) in [5.74, 6) is 1.11. The van der Waals surface area contributed by atoms with Gasteiger partial charge in [0.25, 0.3) is 0 Å². The maximum Gasteiger partial charge on any atom is 0.242 e. The Morgan fingerprint density at radius 3 is 2.44 bits per heavy atom. The first-order valence-electron chi connectivity index (χ1n) is 7.96. The van der Waals surface area contributed by atoms with Gasteiger partial charge >= 0.3 is 0 Å². The van der Waals surface area contributed by atoms with E-state index in [1.165, 1.54) is 20.3 Å². The van der Waals surface area contributed by atoms with Crippen LogP contribution in [0.25, 0.3) is 0 Å². The Balaban J connectivity index is 2.32. The Bertz CT molecular complexity index is 789. The zero-order valence-electron chi connectivity index (χ0n) is 14.8. The molecule has 1 fully saturated rings. The van der Waals surface area contributed by atoms with Crippen molar-refractivity contribution >= 4 is 26.0 Å². The van der Waals surface area contributed by atoms with Crippen LogP contribution in [0.15, 0.2) is 45.8 Å². The monoisotopic (exact) mass is 429 g/mol. The molecule has 0 bridgehead atoms. The van der Waals surface area contributed by atoms with E-state index in [1.54, 1.807) is 6.07 Å². The largest absolute Gasteiger partial charge is 0.493 e. The van der Waals surface area contributed by atoms with E-state index in [9.17, 15) is 8.42 Å². The molecule has 7 heteroatoms. The van der Waals surface area contributed by atoms with Crippen LogP contribution in [0.3, 0.4) is 0 Å². The zero-order valence-corrected chi connectivity index (χ0v) is 17.2. The highest BCUT2D eigenvalue weighted by Crippen LogP contribution is 2.37. The van der Waals surface area contributed by atoms with Crippen molar-refractivity contribution in [2.75, 3.05) is 14.2 Å². The third kappa shape index (κ3) is 4.46. The van der Waals surface area contributed by atoms with Gasteiger partial charge in [-0.15, -0.1) is 0 Å². The molecule has 0 unspecified atom stereocenters. The number of allylic oxidation sites excluding steroid dienone is 1. The van der Waals surface area contributed by atoms with Crippen molar-refractivity contribution in [3.8, 4) is 11.5 Å². The minimum absolute atomic E-state index is 0.107. The molecule has 1 aliphatic carbocycles. The minimum Gasteiger partial charge on any atom is -0.493 e. The molecule has 0 aliphatic heterocycles. The SMILES string of the molecule is C=C(C)[C@@H]1CCC(=C)[C@@H](NS(=O)(=O)c2cc(OC)c(OC)cc2Br)C1. The molecule has 5 nitrogen and oxygen atoms in total. The first kappa shape index (κ1) is 20.0. The molecule has 0 saturated heterocycles. The van der Waals surface area contributed by atoms with Crippen molar-refractivity contribution < 1.29 is 17.9 Å². The van der Waals surface area contributed by atoms with Crippen molar-refractivity contribution in [3.63, 3.8) is 0 Å². The van der Waals surface area contributed by atoms with Crippen LogP contribution in [0.5, 0.6) is 11.5 Å². The number of methoxy groups -OCH3 is 2. The Kier molecular flexibility index (Phi) is 6.35. The van der Waals surface area contributed by atoms with Crippen LogP contribution < -0.4 is 14.2 Å². The fourth-order valence-electron chi connectivity index (χ4n) is 2.97. The maximum atomic E-state index is 12.9. The minimum atomic E-state index is -3.75. The molecular formula is C18H24BrNO4S. The van der Waals surface area contributed by atoms with Crippen LogP contribution in [0.4, 0.5) is 0 Å². The van der Waals surface area contributed by atoms with E-state index in [4.69, 9.17) is 9.47 Å². The Morgan fingerprint density at radius 1 is 1.28 bits per heavy atom. The lowest BCUT2D eigenvalue weighted by Gasteiger charge is -2.32. The van der Waals surface area contributed by atoms with Crippen LogP contribution >= 0.6 is 15.9 Å². The van der Waals surface area contributed by atoms with E-state index in [0.717, 1.165) is 24.0 Å². The summed E-state index contributed by atoms with van der Waals surface area (Å²) in [4.78, 5) is 0.107. The average Bonchev–Trinajstić information content (AvgIpc) is 2.55. The standard InChI is InChI=1S/C18H24BrNO4S/c1-11(2)13-7-6-12(3)15(8-13)20-25(21,22)18-10-17(24-5)16(23-4)9-14(18)19/h9-10,13,15,20H,1,3,6-8H2,2,4-5H3/t13-,15+/m1/s1. The second kappa shape index (κ2) is 7.93. The van der Waals surface area contributed by atoms with Gasteiger partial charge in [-0.1, -0.05) is 24.3 Å². The summed E-state index contributed by atoms with van der Waals surface area (Å²) < 4.78 is 39.4. The molecule has 138 valence electrons. The van der Waals surface area contributed by atoms with Gasteiger partial charge in [0, 0.05) is 16.6 Å². The van der Waals surface area contributed by atoms with E-state index in [-0.39, 0.29) is 10.9 Å². The summed E-state index contributed by atoms with van der Waals surface area (Å²) in [6, 6.07) is 2.73. The highest BCUT2D eigenvalue weighted by molar-refractivity contribution is 9.10. The van der Waals surface area contributed by atoms with Gasteiger partial charge in [0.1, 0.15) is 4.90 Å². The molecule has 0 radical (unpaired) electrons. The molecule has 1 aromatic rings. The van der Waals surface area contributed by atoms with Crippen molar-refractivity contribution in [2.24, 2.45) is 5.92 Å². The first-order chi connectivity index (χ1) is 11.7. The molecule has 1 aliphatic rings. The normalized spacial score (nSPS) is 21.0. The summed E-state index contributed by atoms with van der Waals surface area (Å²) in [6.07, 6.45) is 2.43. The highest BCUT2D eigenvalue weighted by Gasteiger charge is 2.30. The summed E-state index contributed by atoms with van der Waals surface area (Å²) in [5, 5.41) is 0. The molecule has 0 aromatic heterocycles. The van der Waals surface area contributed by atoms with E-state index >= 15 is 0 Å². The third-order valence-corrected chi connectivity index (χ3v) is 6.98. The first-order valence-corrected chi connectivity index (χ1v) is 10.2. The molecule has 1 saturated carbocycles. The fraction of sp³-hybridized carbons (Fsp3) is 0.444. The van der Waals surface area contributed by atoms with Crippen molar-refractivity contribution in [1.29, 1.82) is 0 Å². The van der Waals surface area contributed by atoms with Gasteiger partial charge in [-0.25, -0.2) is 13.1 Å². The average molecular weight is 430 g/mol.